The zero-order chi connectivity index (χ0) is 12.6. The van der Waals surface area contributed by atoms with Gasteiger partial charge in [-0.05, 0) is 55.4 Å². The van der Waals surface area contributed by atoms with Crippen molar-refractivity contribution in [1.29, 1.82) is 0 Å². The van der Waals surface area contributed by atoms with Gasteiger partial charge in [0, 0.05) is 10.7 Å². The van der Waals surface area contributed by atoms with Crippen LogP contribution in [0.25, 0.3) is 0 Å². The Balaban J connectivity index is 2.79. The molecule has 0 N–H and O–H groups in total. The van der Waals surface area contributed by atoms with Crippen molar-refractivity contribution in [2.75, 3.05) is 7.11 Å². The van der Waals surface area contributed by atoms with Crippen LogP contribution in [0.3, 0.4) is 0 Å². The summed E-state index contributed by atoms with van der Waals surface area (Å²) >= 11 is 0. The van der Waals surface area contributed by atoms with Crippen LogP contribution in [0.4, 0.5) is 0 Å². The molecule has 0 bridgehead atoms. The highest BCUT2D eigenvalue weighted by molar-refractivity contribution is 8.13. The first-order valence-corrected chi connectivity index (χ1v) is 7.90. The van der Waals surface area contributed by atoms with Gasteiger partial charge >= 0.3 is 0 Å². The van der Waals surface area contributed by atoms with Crippen molar-refractivity contribution in [1.82, 2.24) is 0 Å². The highest BCUT2D eigenvalue weighted by Gasteiger charge is 2.26. The molecule has 0 radical (unpaired) electrons. The summed E-state index contributed by atoms with van der Waals surface area (Å²) in [6.07, 6.45) is 3.78. The number of hydrogen-bond acceptors (Lipinski definition) is 3. The van der Waals surface area contributed by atoms with Crippen LogP contribution in [-0.4, -0.2) is 15.5 Å². The lowest BCUT2D eigenvalue weighted by molar-refractivity contribution is 0.400. The molecule has 17 heavy (non-hydrogen) atoms. The molecule has 1 aromatic rings. The van der Waals surface area contributed by atoms with E-state index < -0.39 is 9.05 Å². The van der Waals surface area contributed by atoms with E-state index in [1.807, 2.05) is 6.92 Å². The smallest absolute Gasteiger partial charge is 0.265 e. The molecule has 1 aliphatic carbocycles. The van der Waals surface area contributed by atoms with Gasteiger partial charge in [0.2, 0.25) is 0 Å². The highest BCUT2D eigenvalue weighted by Crippen LogP contribution is 2.38. The summed E-state index contributed by atoms with van der Waals surface area (Å²) in [5.74, 6) is 0.359. The molecule has 0 spiro atoms. The van der Waals surface area contributed by atoms with Crippen LogP contribution in [0, 0.1) is 6.92 Å². The summed E-state index contributed by atoms with van der Waals surface area (Å²) in [5, 5.41) is 0. The minimum Gasteiger partial charge on any atom is -0.495 e. The molecule has 3 nitrogen and oxygen atoms in total. The number of methoxy groups -OCH3 is 1. The molecule has 2 rings (SSSR count). The molecule has 0 aromatic heterocycles. The first kappa shape index (κ1) is 12.7. The van der Waals surface area contributed by atoms with Gasteiger partial charge in [-0.25, -0.2) is 8.42 Å². The van der Waals surface area contributed by atoms with Crippen molar-refractivity contribution < 1.29 is 13.2 Å². The van der Waals surface area contributed by atoms with E-state index in [-0.39, 0.29) is 4.90 Å². The molecular formula is C12H15ClO3S. The number of aryl methyl sites for hydroxylation is 1. The molecule has 0 unspecified atom stereocenters. The third kappa shape index (κ3) is 2.29. The molecule has 1 aliphatic rings. The Morgan fingerprint density at radius 1 is 1.24 bits per heavy atom. The van der Waals surface area contributed by atoms with Crippen molar-refractivity contribution in [3.05, 3.63) is 22.8 Å². The molecule has 94 valence electrons. The van der Waals surface area contributed by atoms with Crippen LogP contribution in [0.2, 0.25) is 0 Å². The van der Waals surface area contributed by atoms with Gasteiger partial charge in [-0.15, -0.1) is 0 Å². The third-order valence-corrected chi connectivity index (χ3v) is 4.65. The second-order valence-corrected chi connectivity index (χ2v) is 6.83. The number of rotatable bonds is 2. The zero-order valence-electron chi connectivity index (χ0n) is 9.92. The van der Waals surface area contributed by atoms with Crippen LogP contribution in [0.15, 0.2) is 11.0 Å². The fourth-order valence-electron chi connectivity index (χ4n) is 2.51. The van der Waals surface area contributed by atoms with Gasteiger partial charge in [0.05, 0.1) is 7.11 Å². The number of benzene rings is 1. The van der Waals surface area contributed by atoms with E-state index in [2.05, 4.69) is 0 Å². The summed E-state index contributed by atoms with van der Waals surface area (Å²) in [6.45, 7) is 1.98. The summed E-state index contributed by atoms with van der Waals surface area (Å²) in [4.78, 5) is 0.168. The van der Waals surface area contributed by atoms with E-state index >= 15 is 0 Å². The molecule has 0 saturated carbocycles. The molecule has 0 aliphatic heterocycles. The molecule has 0 heterocycles. The summed E-state index contributed by atoms with van der Waals surface area (Å²) in [5.41, 5.74) is 3.06. The monoisotopic (exact) mass is 274 g/mol. The van der Waals surface area contributed by atoms with Crippen molar-refractivity contribution in [2.24, 2.45) is 0 Å². The lowest BCUT2D eigenvalue weighted by Crippen LogP contribution is -2.11. The number of ether oxygens (including phenoxy) is 1. The normalized spacial score (nSPS) is 15.5. The van der Waals surface area contributed by atoms with E-state index in [4.69, 9.17) is 15.4 Å². The second-order valence-electron chi connectivity index (χ2n) is 4.33. The summed E-state index contributed by atoms with van der Waals surface area (Å²) < 4.78 is 28.5. The largest absolute Gasteiger partial charge is 0.495 e. The molecule has 0 fully saturated rings. The first-order chi connectivity index (χ1) is 7.95. The fourth-order valence-corrected chi connectivity index (χ4v) is 3.92. The van der Waals surface area contributed by atoms with E-state index in [1.54, 1.807) is 6.07 Å². The van der Waals surface area contributed by atoms with Gasteiger partial charge < -0.3 is 4.74 Å². The van der Waals surface area contributed by atoms with Crippen LogP contribution < -0.4 is 4.74 Å². The van der Waals surface area contributed by atoms with Gasteiger partial charge in [0.15, 0.2) is 0 Å². The summed E-state index contributed by atoms with van der Waals surface area (Å²) in [6, 6.07) is 1.76. The van der Waals surface area contributed by atoms with Crippen molar-refractivity contribution in [3.8, 4) is 5.75 Å². The number of halogens is 1. The second kappa shape index (κ2) is 4.50. The van der Waals surface area contributed by atoms with Crippen molar-refractivity contribution in [2.45, 2.75) is 37.5 Å². The topological polar surface area (TPSA) is 43.4 Å². The SMILES string of the molecule is COc1cc(C)c2c(c1S(=O)(=O)Cl)CCCC2. The van der Waals surface area contributed by atoms with E-state index in [0.717, 1.165) is 42.4 Å². The average Bonchev–Trinajstić information content (AvgIpc) is 2.27. The standard InChI is InChI=1S/C12H15ClO3S/c1-8-7-11(16-2)12(17(13,14)15)10-6-4-3-5-9(8)10/h7H,3-6H2,1-2H3. The number of hydrogen-bond donors (Lipinski definition) is 0. The Hall–Kier alpha value is -0.740. The predicted molar refractivity (Wildman–Crippen MR) is 67.4 cm³/mol. The van der Waals surface area contributed by atoms with Crippen molar-refractivity contribution >= 4 is 19.7 Å². The quantitative estimate of drug-likeness (QED) is 0.779. The van der Waals surface area contributed by atoms with Crippen LogP contribution in [-0.2, 0) is 21.9 Å². The highest BCUT2D eigenvalue weighted by atomic mass is 35.7. The average molecular weight is 275 g/mol. The maximum atomic E-state index is 11.7. The minimum atomic E-state index is -3.76. The van der Waals surface area contributed by atoms with E-state index in [9.17, 15) is 8.42 Å². The molecule has 0 saturated heterocycles. The maximum Gasteiger partial charge on any atom is 0.265 e. The Kier molecular flexibility index (Phi) is 3.36. The lowest BCUT2D eigenvalue weighted by Gasteiger charge is -2.22. The minimum absolute atomic E-state index is 0.168. The molecule has 1 aromatic carbocycles. The first-order valence-electron chi connectivity index (χ1n) is 5.59. The third-order valence-electron chi connectivity index (χ3n) is 3.25. The molecular weight excluding hydrogens is 260 g/mol. The Morgan fingerprint density at radius 2 is 1.82 bits per heavy atom. The summed E-state index contributed by atoms with van der Waals surface area (Å²) in [7, 11) is 3.24. The predicted octanol–water partition coefficient (Wildman–Crippen LogP) is 2.81. The van der Waals surface area contributed by atoms with Crippen LogP contribution in [0.1, 0.15) is 29.5 Å². The Labute approximate surface area is 106 Å². The van der Waals surface area contributed by atoms with Gasteiger partial charge in [-0.2, -0.15) is 0 Å². The van der Waals surface area contributed by atoms with Gasteiger partial charge in [0.1, 0.15) is 10.6 Å². The van der Waals surface area contributed by atoms with Gasteiger partial charge in [0.25, 0.3) is 9.05 Å². The maximum absolute atomic E-state index is 11.7. The van der Waals surface area contributed by atoms with Crippen molar-refractivity contribution in [3.63, 3.8) is 0 Å². The molecule has 0 atom stereocenters. The molecule has 5 heteroatoms. The zero-order valence-corrected chi connectivity index (χ0v) is 11.5. The van der Waals surface area contributed by atoms with Gasteiger partial charge in [-0.3, -0.25) is 0 Å². The number of fused-ring (bicyclic) bond motifs is 1. The fraction of sp³-hybridized carbons (Fsp3) is 0.500. The van der Waals surface area contributed by atoms with E-state index in [1.165, 1.54) is 7.11 Å². The van der Waals surface area contributed by atoms with Gasteiger partial charge in [-0.1, -0.05) is 0 Å². The Morgan fingerprint density at radius 3 is 2.35 bits per heavy atom. The van der Waals surface area contributed by atoms with Crippen LogP contribution >= 0.6 is 10.7 Å². The molecule has 0 amide bonds. The van der Waals surface area contributed by atoms with E-state index in [0.29, 0.717) is 5.75 Å². The lowest BCUT2D eigenvalue weighted by atomic mass is 9.88. The van der Waals surface area contributed by atoms with Crippen LogP contribution in [0.5, 0.6) is 5.75 Å². The Bertz CT molecular complexity index is 549.